The molecule has 5 rings (SSSR count). The molecule has 10 nitrogen and oxygen atoms in total. The smallest absolute Gasteiger partial charge is 0.410 e. The lowest BCUT2D eigenvalue weighted by atomic mass is 9.97. The number of H-pyrrole nitrogens is 2. The predicted octanol–water partition coefficient (Wildman–Crippen LogP) is 5.17. The van der Waals surface area contributed by atoms with Crippen molar-refractivity contribution in [2.75, 3.05) is 33.9 Å². The summed E-state index contributed by atoms with van der Waals surface area (Å²) in [6, 6.07) is 4.19. The van der Waals surface area contributed by atoms with Crippen LogP contribution < -0.4 is 14.8 Å². The molecule has 1 saturated heterocycles. The number of nitrogens with one attached hydrogen (secondary N) is 3. The molecule has 0 unspecified atom stereocenters. The molecule has 0 atom stereocenters. The SMILES string of the molecule is COc1nc2c(-c3cc4c(CNCC5CCN(C(=O)OC(C)(C)C)CC5)ccnc4[nH]3)c[nH]c2c(C)c1OC. The maximum absolute atomic E-state index is 12.3. The quantitative estimate of drug-likeness (QED) is 0.299. The van der Waals surface area contributed by atoms with E-state index in [1.165, 1.54) is 5.56 Å². The first-order valence-electron chi connectivity index (χ1n) is 13.4. The molecule has 0 saturated carbocycles. The number of methoxy groups -OCH3 is 2. The Labute approximate surface area is 228 Å². The standard InChI is InChI=1S/C29H38N6O4/c1-17-23-24(34-27(38-6)25(17)37-5)21(16-32-23)22-13-20-19(7-10-31-26(20)33-22)15-30-14-18-8-11-35(12-9-18)28(36)39-29(2,3)4/h7,10,13,16,18,30,32H,8-9,11-12,14-15H2,1-6H3,(H,31,33). The summed E-state index contributed by atoms with van der Waals surface area (Å²) >= 11 is 0. The van der Waals surface area contributed by atoms with Crippen molar-refractivity contribution in [3.8, 4) is 22.9 Å². The number of amides is 1. The molecule has 3 N–H and O–H groups in total. The van der Waals surface area contributed by atoms with Gasteiger partial charge in [0.1, 0.15) is 16.8 Å². The van der Waals surface area contributed by atoms with E-state index in [-0.39, 0.29) is 6.09 Å². The van der Waals surface area contributed by atoms with Crippen LogP contribution in [0.1, 0.15) is 44.7 Å². The van der Waals surface area contributed by atoms with Crippen molar-refractivity contribution in [3.05, 3.63) is 35.7 Å². The van der Waals surface area contributed by atoms with Gasteiger partial charge in [0, 0.05) is 48.5 Å². The van der Waals surface area contributed by atoms with Gasteiger partial charge in [-0.05, 0) is 70.7 Å². The summed E-state index contributed by atoms with van der Waals surface area (Å²) in [5.41, 5.74) is 6.10. The van der Waals surface area contributed by atoms with Crippen molar-refractivity contribution in [3.63, 3.8) is 0 Å². The first-order valence-corrected chi connectivity index (χ1v) is 13.4. The summed E-state index contributed by atoms with van der Waals surface area (Å²) in [5, 5.41) is 4.70. The highest BCUT2D eigenvalue weighted by Crippen LogP contribution is 2.38. The fraction of sp³-hybridized carbons (Fsp3) is 0.483. The number of hydrogen-bond donors (Lipinski definition) is 3. The molecule has 0 bridgehead atoms. The molecule has 1 fully saturated rings. The van der Waals surface area contributed by atoms with E-state index in [0.29, 0.717) is 17.5 Å². The Morgan fingerprint density at radius 2 is 1.97 bits per heavy atom. The second-order valence-corrected chi connectivity index (χ2v) is 11.2. The number of ether oxygens (including phenoxy) is 3. The third-order valence-electron chi connectivity index (χ3n) is 7.30. The minimum atomic E-state index is -0.465. The molecule has 39 heavy (non-hydrogen) atoms. The highest BCUT2D eigenvalue weighted by Gasteiger charge is 2.27. The summed E-state index contributed by atoms with van der Waals surface area (Å²) in [6.45, 7) is 10.8. The zero-order chi connectivity index (χ0) is 27.7. The van der Waals surface area contributed by atoms with Crippen molar-refractivity contribution in [2.45, 2.75) is 52.7 Å². The van der Waals surface area contributed by atoms with E-state index in [9.17, 15) is 4.79 Å². The summed E-state index contributed by atoms with van der Waals surface area (Å²) in [6.07, 6.45) is 5.51. The highest BCUT2D eigenvalue weighted by atomic mass is 16.6. The number of aryl methyl sites for hydroxylation is 1. The largest absolute Gasteiger partial charge is 0.491 e. The van der Waals surface area contributed by atoms with Crippen LogP contribution in [0, 0.1) is 12.8 Å². The van der Waals surface area contributed by atoms with Crippen molar-refractivity contribution >= 4 is 28.2 Å². The normalized spacial score (nSPS) is 14.8. The number of rotatable bonds is 7. The lowest BCUT2D eigenvalue weighted by Gasteiger charge is -2.33. The Morgan fingerprint density at radius 3 is 2.67 bits per heavy atom. The van der Waals surface area contributed by atoms with Gasteiger partial charge in [-0.1, -0.05) is 0 Å². The van der Waals surface area contributed by atoms with E-state index in [0.717, 1.165) is 77.9 Å². The molecular weight excluding hydrogens is 496 g/mol. The van der Waals surface area contributed by atoms with E-state index < -0.39 is 5.60 Å². The second-order valence-electron chi connectivity index (χ2n) is 11.2. The summed E-state index contributed by atoms with van der Waals surface area (Å²) in [4.78, 5) is 30.3. The number of likely N-dealkylation sites (tertiary alicyclic amines) is 1. The topological polar surface area (TPSA) is 117 Å². The van der Waals surface area contributed by atoms with Gasteiger partial charge in [-0.25, -0.2) is 14.8 Å². The number of carbonyl (C=O) groups is 1. The van der Waals surface area contributed by atoms with Crippen LogP contribution in [0.25, 0.3) is 33.3 Å². The number of aromatic amines is 2. The minimum absolute atomic E-state index is 0.213. The van der Waals surface area contributed by atoms with Gasteiger partial charge in [-0.2, -0.15) is 0 Å². The number of nitrogens with zero attached hydrogens (tertiary/aromatic N) is 3. The molecule has 4 aromatic heterocycles. The Balaban J connectivity index is 1.27. The van der Waals surface area contributed by atoms with Crippen LogP contribution in [-0.2, 0) is 11.3 Å². The summed E-state index contributed by atoms with van der Waals surface area (Å²) in [7, 11) is 3.22. The van der Waals surface area contributed by atoms with Gasteiger partial charge in [-0.3, -0.25) is 0 Å². The molecule has 0 aromatic carbocycles. The number of carbonyl (C=O) groups excluding carboxylic acids is 1. The summed E-state index contributed by atoms with van der Waals surface area (Å²) < 4.78 is 16.5. The van der Waals surface area contributed by atoms with Crippen molar-refractivity contribution in [1.29, 1.82) is 0 Å². The van der Waals surface area contributed by atoms with Crippen LogP contribution in [0.3, 0.4) is 0 Å². The van der Waals surface area contributed by atoms with Crippen molar-refractivity contribution in [1.82, 2.24) is 30.2 Å². The maximum Gasteiger partial charge on any atom is 0.410 e. The third kappa shape index (κ3) is 5.52. The van der Waals surface area contributed by atoms with Crippen LogP contribution in [0.4, 0.5) is 4.79 Å². The van der Waals surface area contributed by atoms with Crippen LogP contribution in [0.2, 0.25) is 0 Å². The second kappa shape index (κ2) is 10.8. The first kappa shape index (κ1) is 26.8. The van der Waals surface area contributed by atoms with Gasteiger partial charge in [0.05, 0.1) is 25.4 Å². The average molecular weight is 535 g/mol. The molecule has 1 aliphatic rings. The Morgan fingerprint density at radius 1 is 1.21 bits per heavy atom. The zero-order valence-electron chi connectivity index (χ0n) is 23.6. The summed E-state index contributed by atoms with van der Waals surface area (Å²) in [5.74, 6) is 1.61. The molecule has 1 amide bonds. The number of fused-ring (bicyclic) bond motifs is 2. The highest BCUT2D eigenvalue weighted by molar-refractivity contribution is 5.97. The van der Waals surface area contributed by atoms with E-state index in [1.807, 2.05) is 45.0 Å². The molecule has 208 valence electrons. The fourth-order valence-electron chi connectivity index (χ4n) is 5.27. The van der Waals surface area contributed by atoms with E-state index in [1.54, 1.807) is 14.2 Å². The number of hydrogen-bond acceptors (Lipinski definition) is 7. The Kier molecular flexibility index (Phi) is 7.40. The monoisotopic (exact) mass is 534 g/mol. The lowest BCUT2D eigenvalue weighted by Crippen LogP contribution is -2.43. The van der Waals surface area contributed by atoms with Crippen LogP contribution >= 0.6 is 0 Å². The average Bonchev–Trinajstić information content (AvgIpc) is 3.52. The van der Waals surface area contributed by atoms with Crippen LogP contribution in [0.5, 0.6) is 11.6 Å². The maximum atomic E-state index is 12.3. The van der Waals surface area contributed by atoms with Gasteiger partial charge in [0.25, 0.3) is 5.88 Å². The van der Waals surface area contributed by atoms with Gasteiger partial charge in [-0.15, -0.1) is 0 Å². The van der Waals surface area contributed by atoms with Crippen LogP contribution in [-0.4, -0.2) is 70.4 Å². The molecule has 0 spiro atoms. The van der Waals surface area contributed by atoms with Gasteiger partial charge in [0.2, 0.25) is 0 Å². The molecular formula is C29H38N6O4. The van der Waals surface area contributed by atoms with Crippen molar-refractivity contribution < 1.29 is 19.0 Å². The van der Waals surface area contributed by atoms with E-state index >= 15 is 0 Å². The minimum Gasteiger partial charge on any atom is -0.491 e. The van der Waals surface area contributed by atoms with Crippen molar-refractivity contribution in [2.24, 2.45) is 5.92 Å². The molecule has 0 radical (unpaired) electrons. The predicted molar refractivity (Wildman–Crippen MR) is 151 cm³/mol. The lowest BCUT2D eigenvalue weighted by molar-refractivity contribution is 0.0184. The molecule has 0 aliphatic carbocycles. The molecule has 1 aliphatic heterocycles. The van der Waals surface area contributed by atoms with E-state index in [4.69, 9.17) is 19.2 Å². The molecule has 10 heteroatoms. The Hall–Kier alpha value is -3.79. The van der Waals surface area contributed by atoms with Gasteiger partial charge in [0.15, 0.2) is 5.75 Å². The molecule has 4 aromatic rings. The number of pyridine rings is 2. The van der Waals surface area contributed by atoms with Gasteiger partial charge >= 0.3 is 6.09 Å². The van der Waals surface area contributed by atoms with E-state index in [2.05, 4.69) is 32.4 Å². The van der Waals surface area contributed by atoms with Crippen LogP contribution in [0.15, 0.2) is 24.5 Å². The fourth-order valence-corrected chi connectivity index (χ4v) is 5.27. The third-order valence-corrected chi connectivity index (χ3v) is 7.30. The van der Waals surface area contributed by atoms with Gasteiger partial charge < -0.3 is 34.4 Å². The number of piperidine rings is 1. The number of aromatic nitrogens is 4. The molecule has 5 heterocycles. The zero-order valence-corrected chi connectivity index (χ0v) is 23.6. The first-order chi connectivity index (χ1) is 18.7. The Bertz CT molecular complexity index is 1480.